The molecule has 0 saturated heterocycles. The third kappa shape index (κ3) is 5.53. The minimum Gasteiger partial charge on any atom is -0.497 e. The number of ether oxygens (including phenoxy) is 4. The van der Waals surface area contributed by atoms with Gasteiger partial charge in [-0.1, -0.05) is 12.1 Å². The fourth-order valence-electron chi connectivity index (χ4n) is 5.16. The Labute approximate surface area is 253 Å². The molecule has 0 radical (unpaired) electrons. The topological polar surface area (TPSA) is 96.8 Å². The van der Waals surface area contributed by atoms with E-state index in [1.165, 1.54) is 0 Å². The SMILES string of the molecule is COc1ccc2c(-c3ccc(OC(=O)C(=O)Oc4ccc(-c5ccnc6cc(OC)ccc56)cc4C)c(C)c3)ccnc2c1. The number of carbonyl (C=O) groups excluding carboxylic acids is 2. The molecule has 2 heterocycles. The molecule has 6 aromatic rings. The summed E-state index contributed by atoms with van der Waals surface area (Å²) in [6.07, 6.45) is 3.48. The maximum Gasteiger partial charge on any atom is 0.423 e. The first-order valence-electron chi connectivity index (χ1n) is 13.9. The molecular formula is C36H28N2O6. The number of aryl methyl sites for hydroxylation is 2. The molecule has 0 N–H and O–H groups in total. The third-order valence-electron chi connectivity index (χ3n) is 7.44. The summed E-state index contributed by atoms with van der Waals surface area (Å²) in [4.78, 5) is 34.3. The molecule has 4 aromatic carbocycles. The van der Waals surface area contributed by atoms with Gasteiger partial charge in [-0.25, -0.2) is 9.59 Å². The molecule has 0 unspecified atom stereocenters. The number of aromatic nitrogens is 2. The Morgan fingerprint density at radius 3 is 1.36 bits per heavy atom. The lowest BCUT2D eigenvalue weighted by atomic mass is 9.99. The van der Waals surface area contributed by atoms with Crippen LogP contribution in [0.4, 0.5) is 0 Å². The maximum atomic E-state index is 12.7. The van der Waals surface area contributed by atoms with Gasteiger partial charge >= 0.3 is 11.9 Å². The van der Waals surface area contributed by atoms with Gasteiger partial charge in [0.05, 0.1) is 25.3 Å². The van der Waals surface area contributed by atoms with Crippen molar-refractivity contribution in [1.29, 1.82) is 0 Å². The summed E-state index contributed by atoms with van der Waals surface area (Å²) in [7, 11) is 3.23. The molecule has 0 bridgehead atoms. The molecule has 0 atom stereocenters. The molecule has 0 aliphatic heterocycles. The molecule has 0 spiro atoms. The lowest BCUT2D eigenvalue weighted by molar-refractivity contribution is -0.156. The zero-order valence-corrected chi connectivity index (χ0v) is 24.6. The number of carbonyl (C=O) groups is 2. The van der Waals surface area contributed by atoms with Crippen LogP contribution in [0.25, 0.3) is 44.1 Å². The normalized spacial score (nSPS) is 10.9. The van der Waals surface area contributed by atoms with Crippen LogP contribution in [0.1, 0.15) is 11.1 Å². The van der Waals surface area contributed by atoms with Crippen molar-refractivity contribution in [2.45, 2.75) is 13.8 Å². The quantitative estimate of drug-likeness (QED) is 0.115. The van der Waals surface area contributed by atoms with Crippen LogP contribution in [0.15, 0.2) is 97.3 Å². The molecule has 8 heteroatoms. The van der Waals surface area contributed by atoms with E-state index in [0.29, 0.717) is 11.1 Å². The molecule has 6 rings (SSSR count). The zero-order valence-electron chi connectivity index (χ0n) is 24.6. The van der Waals surface area contributed by atoms with Gasteiger partial charge in [0, 0.05) is 35.3 Å². The highest BCUT2D eigenvalue weighted by Gasteiger charge is 2.22. The van der Waals surface area contributed by atoms with Crippen LogP contribution < -0.4 is 18.9 Å². The first-order chi connectivity index (χ1) is 21.3. The number of pyridine rings is 2. The zero-order chi connectivity index (χ0) is 30.8. The summed E-state index contributed by atoms with van der Waals surface area (Å²) < 4.78 is 21.5. The van der Waals surface area contributed by atoms with Crippen molar-refractivity contribution >= 4 is 33.7 Å². The average Bonchev–Trinajstić information content (AvgIpc) is 3.05. The van der Waals surface area contributed by atoms with E-state index in [1.54, 1.807) is 38.7 Å². The monoisotopic (exact) mass is 584 g/mol. The van der Waals surface area contributed by atoms with E-state index < -0.39 is 11.9 Å². The fraction of sp³-hybridized carbons (Fsp3) is 0.111. The minimum atomic E-state index is -1.11. The number of methoxy groups -OCH3 is 2. The van der Waals surface area contributed by atoms with Gasteiger partial charge in [0.1, 0.15) is 23.0 Å². The average molecular weight is 585 g/mol. The van der Waals surface area contributed by atoms with Crippen LogP contribution in [0, 0.1) is 13.8 Å². The van der Waals surface area contributed by atoms with Crippen LogP contribution in [-0.4, -0.2) is 36.1 Å². The predicted octanol–water partition coefficient (Wildman–Crippen LogP) is 7.26. The van der Waals surface area contributed by atoms with Gasteiger partial charge in [-0.05, 0) is 108 Å². The number of fused-ring (bicyclic) bond motifs is 2. The summed E-state index contributed by atoms with van der Waals surface area (Å²) in [6.45, 7) is 3.62. The lowest BCUT2D eigenvalue weighted by Gasteiger charge is -2.12. The summed E-state index contributed by atoms with van der Waals surface area (Å²) in [5, 5.41) is 1.92. The van der Waals surface area contributed by atoms with Crippen LogP contribution in [-0.2, 0) is 9.59 Å². The van der Waals surface area contributed by atoms with Gasteiger partial charge in [0.2, 0.25) is 0 Å². The lowest BCUT2D eigenvalue weighted by Crippen LogP contribution is -2.26. The van der Waals surface area contributed by atoms with Gasteiger partial charge in [0.15, 0.2) is 0 Å². The molecule has 218 valence electrons. The number of rotatable bonds is 6. The van der Waals surface area contributed by atoms with E-state index in [4.69, 9.17) is 18.9 Å². The summed E-state index contributed by atoms with van der Waals surface area (Å²) in [5.41, 5.74) is 6.74. The van der Waals surface area contributed by atoms with Gasteiger partial charge in [-0.3, -0.25) is 9.97 Å². The highest BCUT2D eigenvalue weighted by atomic mass is 16.6. The van der Waals surface area contributed by atoms with Crippen molar-refractivity contribution in [1.82, 2.24) is 9.97 Å². The highest BCUT2D eigenvalue weighted by Crippen LogP contribution is 2.34. The minimum absolute atomic E-state index is 0.268. The fourth-order valence-corrected chi connectivity index (χ4v) is 5.16. The van der Waals surface area contributed by atoms with Crippen molar-refractivity contribution in [3.05, 3.63) is 108 Å². The summed E-state index contributed by atoms with van der Waals surface area (Å²) in [6, 6.07) is 26.1. The maximum absolute atomic E-state index is 12.7. The van der Waals surface area contributed by atoms with Crippen molar-refractivity contribution in [2.24, 2.45) is 0 Å². The van der Waals surface area contributed by atoms with E-state index in [-0.39, 0.29) is 11.5 Å². The number of esters is 2. The van der Waals surface area contributed by atoms with Gasteiger partial charge in [-0.2, -0.15) is 0 Å². The summed E-state index contributed by atoms with van der Waals surface area (Å²) in [5.74, 6) is -0.238. The van der Waals surface area contributed by atoms with Crippen LogP contribution in [0.2, 0.25) is 0 Å². The van der Waals surface area contributed by atoms with E-state index in [1.807, 2.05) is 86.6 Å². The van der Waals surface area contributed by atoms with E-state index in [2.05, 4.69) is 9.97 Å². The second-order valence-corrected chi connectivity index (χ2v) is 10.2. The third-order valence-corrected chi connectivity index (χ3v) is 7.44. The van der Waals surface area contributed by atoms with Gasteiger partial charge < -0.3 is 18.9 Å². The van der Waals surface area contributed by atoms with Gasteiger partial charge in [0.25, 0.3) is 0 Å². The molecule has 0 fully saturated rings. The molecule has 0 saturated carbocycles. The molecule has 8 nitrogen and oxygen atoms in total. The van der Waals surface area contributed by atoms with Crippen molar-refractivity contribution in [2.75, 3.05) is 14.2 Å². The second kappa shape index (κ2) is 11.9. The highest BCUT2D eigenvalue weighted by molar-refractivity contribution is 6.31. The number of hydrogen-bond donors (Lipinski definition) is 0. The van der Waals surface area contributed by atoms with Crippen molar-refractivity contribution in [3.8, 4) is 45.3 Å². The van der Waals surface area contributed by atoms with Gasteiger partial charge in [-0.15, -0.1) is 0 Å². The Hall–Kier alpha value is -5.76. The molecule has 2 aromatic heterocycles. The Bertz CT molecular complexity index is 1920. The molecule has 0 aliphatic carbocycles. The molecule has 0 amide bonds. The molecule has 0 aliphatic rings. The molecule has 44 heavy (non-hydrogen) atoms. The first kappa shape index (κ1) is 28.4. The molecular weight excluding hydrogens is 556 g/mol. The largest absolute Gasteiger partial charge is 0.497 e. The van der Waals surface area contributed by atoms with E-state index in [0.717, 1.165) is 55.6 Å². The van der Waals surface area contributed by atoms with E-state index >= 15 is 0 Å². The number of hydrogen-bond acceptors (Lipinski definition) is 8. The second-order valence-electron chi connectivity index (χ2n) is 10.2. The van der Waals surface area contributed by atoms with Crippen LogP contribution >= 0.6 is 0 Å². The van der Waals surface area contributed by atoms with E-state index in [9.17, 15) is 9.59 Å². The Balaban J connectivity index is 1.17. The number of benzene rings is 4. The summed E-state index contributed by atoms with van der Waals surface area (Å²) >= 11 is 0. The van der Waals surface area contributed by atoms with Crippen LogP contribution in [0.5, 0.6) is 23.0 Å². The Morgan fingerprint density at radius 1 is 0.545 bits per heavy atom. The first-order valence-corrected chi connectivity index (χ1v) is 13.9. The van der Waals surface area contributed by atoms with Crippen molar-refractivity contribution < 1.29 is 28.5 Å². The smallest absolute Gasteiger partial charge is 0.423 e. The number of nitrogens with zero attached hydrogens (tertiary/aromatic N) is 2. The predicted molar refractivity (Wildman–Crippen MR) is 168 cm³/mol. The van der Waals surface area contributed by atoms with Crippen molar-refractivity contribution in [3.63, 3.8) is 0 Å². The Morgan fingerprint density at radius 2 is 0.977 bits per heavy atom. The van der Waals surface area contributed by atoms with Crippen LogP contribution in [0.3, 0.4) is 0 Å². The standard InChI is InChI=1S/C36H28N2O6/c1-21-17-23(27-13-15-37-31-19-25(41-3)7-9-29(27)31)5-11-33(21)43-35(39)36(40)44-34-12-6-24(18-22(34)2)28-14-16-38-32-20-26(42-4)8-10-30(28)32/h5-20H,1-4H3. The Kier molecular flexibility index (Phi) is 7.64.